The van der Waals surface area contributed by atoms with Crippen LogP contribution in [0.2, 0.25) is 0 Å². The minimum atomic E-state index is -0.427. The van der Waals surface area contributed by atoms with Crippen LogP contribution in [-0.4, -0.2) is 32.3 Å². The lowest BCUT2D eigenvalue weighted by Crippen LogP contribution is -2.18. The Morgan fingerprint density at radius 2 is 1.78 bits per heavy atom. The van der Waals surface area contributed by atoms with Gasteiger partial charge in [0.15, 0.2) is 16.7 Å². The van der Waals surface area contributed by atoms with E-state index in [0.717, 1.165) is 16.8 Å². The molecule has 0 fully saturated rings. The fourth-order valence-corrected chi connectivity index (χ4v) is 4.17. The molecule has 0 atom stereocenters. The topological polar surface area (TPSA) is 116 Å². The lowest BCUT2D eigenvalue weighted by molar-refractivity contribution is -0.118. The molecule has 2 aromatic heterocycles. The van der Waals surface area contributed by atoms with Crippen LogP contribution in [0, 0.1) is 0 Å². The highest BCUT2D eigenvalue weighted by Gasteiger charge is 2.20. The number of nitrogens with zero attached hydrogens (tertiary/aromatic N) is 3. The first-order valence-corrected chi connectivity index (χ1v) is 11.6. The van der Waals surface area contributed by atoms with Crippen LogP contribution in [0.5, 0.6) is 0 Å². The van der Waals surface area contributed by atoms with E-state index in [1.807, 2.05) is 6.07 Å². The molecule has 0 saturated carbocycles. The van der Waals surface area contributed by atoms with Crippen LogP contribution in [0.15, 0.2) is 46.2 Å². The number of benzene rings is 1. The van der Waals surface area contributed by atoms with Crippen molar-refractivity contribution in [1.29, 1.82) is 0 Å². The predicted molar refractivity (Wildman–Crippen MR) is 126 cm³/mol. The number of hydrogen-bond donors (Lipinski definition) is 2. The first kappa shape index (κ1) is 23.6. The van der Waals surface area contributed by atoms with Gasteiger partial charge in [-0.2, -0.15) is 0 Å². The second-order valence-corrected chi connectivity index (χ2v) is 9.05. The Balaban J connectivity index is 1.78. The predicted octanol–water partition coefficient (Wildman–Crippen LogP) is 4.39. The number of anilines is 1. The Bertz CT molecular complexity index is 1050. The average molecular weight is 456 g/mol. The van der Waals surface area contributed by atoms with Gasteiger partial charge in [-0.25, -0.2) is 0 Å². The van der Waals surface area contributed by atoms with Gasteiger partial charge in [0, 0.05) is 18.7 Å². The number of rotatable bonds is 10. The molecule has 0 saturated heterocycles. The number of thioether (sulfide) groups is 1. The second-order valence-electron chi connectivity index (χ2n) is 8.11. The molecule has 3 rings (SSSR count). The van der Waals surface area contributed by atoms with Crippen molar-refractivity contribution in [2.45, 2.75) is 57.7 Å². The Morgan fingerprint density at radius 3 is 2.34 bits per heavy atom. The van der Waals surface area contributed by atoms with Gasteiger partial charge in [-0.1, -0.05) is 57.7 Å². The van der Waals surface area contributed by atoms with Crippen molar-refractivity contribution in [2.24, 2.45) is 5.73 Å². The average Bonchev–Trinajstić information content (AvgIpc) is 3.40. The molecule has 32 heavy (non-hydrogen) atoms. The maximum Gasteiger partial charge on any atom is 0.234 e. The summed E-state index contributed by atoms with van der Waals surface area (Å²) in [7, 11) is 0. The standard InChI is InChI=1S/C23H29N5O3S/c1-14(2)16-7-5-8-17(15(3)4)21(16)25-20(30)13-32-23-27-26-22(18-9-6-12-31-18)28(23)11-10-19(24)29/h5-9,12,14-15H,10-11,13H2,1-4H3,(H2,24,29)(H,25,30). The number of amides is 2. The highest BCUT2D eigenvalue weighted by atomic mass is 32.2. The third-order valence-electron chi connectivity index (χ3n) is 5.01. The SMILES string of the molecule is CC(C)c1cccc(C(C)C)c1NC(=O)CSc1nnc(-c2ccco2)n1CCC(N)=O. The van der Waals surface area contributed by atoms with Gasteiger partial charge in [-0.15, -0.1) is 10.2 Å². The minimum Gasteiger partial charge on any atom is -0.461 e. The monoisotopic (exact) mass is 455 g/mol. The molecule has 2 amide bonds. The fourth-order valence-electron chi connectivity index (χ4n) is 3.41. The van der Waals surface area contributed by atoms with Crippen LogP contribution in [0.1, 0.15) is 57.1 Å². The Kier molecular flexibility index (Phi) is 7.74. The number of primary amides is 1. The molecule has 9 heteroatoms. The molecule has 0 radical (unpaired) electrons. The molecule has 1 aromatic carbocycles. The van der Waals surface area contributed by atoms with Crippen molar-refractivity contribution in [1.82, 2.24) is 14.8 Å². The summed E-state index contributed by atoms with van der Waals surface area (Å²) in [6, 6.07) is 9.65. The van der Waals surface area contributed by atoms with E-state index in [2.05, 4.69) is 55.3 Å². The number of aromatic nitrogens is 3. The maximum atomic E-state index is 12.9. The molecule has 0 aliphatic rings. The first-order valence-electron chi connectivity index (χ1n) is 10.6. The van der Waals surface area contributed by atoms with Gasteiger partial charge < -0.3 is 15.5 Å². The number of para-hydroxylation sites is 1. The van der Waals surface area contributed by atoms with Gasteiger partial charge in [0.05, 0.1) is 12.0 Å². The van der Waals surface area contributed by atoms with Crippen LogP contribution < -0.4 is 11.1 Å². The zero-order valence-electron chi connectivity index (χ0n) is 18.8. The largest absolute Gasteiger partial charge is 0.461 e. The number of nitrogens with one attached hydrogen (secondary N) is 1. The van der Waals surface area contributed by atoms with E-state index in [-0.39, 0.29) is 29.9 Å². The Labute approximate surface area is 192 Å². The second kappa shape index (κ2) is 10.5. The zero-order valence-corrected chi connectivity index (χ0v) is 19.6. The van der Waals surface area contributed by atoms with Crippen molar-refractivity contribution in [3.8, 4) is 11.6 Å². The van der Waals surface area contributed by atoms with Crippen LogP contribution in [0.4, 0.5) is 5.69 Å². The van der Waals surface area contributed by atoms with Crippen LogP contribution >= 0.6 is 11.8 Å². The molecule has 0 bridgehead atoms. The van der Waals surface area contributed by atoms with Crippen molar-refractivity contribution in [3.05, 3.63) is 47.7 Å². The quantitative estimate of drug-likeness (QED) is 0.438. The lowest BCUT2D eigenvalue weighted by Gasteiger charge is -2.20. The minimum absolute atomic E-state index is 0.130. The molecule has 0 unspecified atom stereocenters. The summed E-state index contributed by atoms with van der Waals surface area (Å²) in [5.41, 5.74) is 8.43. The molecule has 0 spiro atoms. The molecule has 3 N–H and O–H groups in total. The van der Waals surface area contributed by atoms with Gasteiger partial charge in [0.25, 0.3) is 0 Å². The van der Waals surface area contributed by atoms with Crippen molar-refractivity contribution >= 4 is 29.3 Å². The zero-order chi connectivity index (χ0) is 23.3. The normalized spacial score (nSPS) is 11.3. The third-order valence-corrected chi connectivity index (χ3v) is 5.98. The summed E-state index contributed by atoms with van der Waals surface area (Å²) in [5.74, 6) is 1.18. The summed E-state index contributed by atoms with van der Waals surface area (Å²) in [6.45, 7) is 8.75. The van der Waals surface area contributed by atoms with Gasteiger partial charge in [-0.05, 0) is 35.1 Å². The smallest absolute Gasteiger partial charge is 0.234 e. The van der Waals surface area contributed by atoms with E-state index in [1.54, 1.807) is 23.0 Å². The molecule has 170 valence electrons. The van der Waals surface area contributed by atoms with E-state index in [9.17, 15) is 9.59 Å². The number of nitrogens with two attached hydrogens (primary N) is 1. The highest BCUT2D eigenvalue weighted by molar-refractivity contribution is 7.99. The number of carbonyl (C=O) groups is 2. The third kappa shape index (κ3) is 5.59. The summed E-state index contributed by atoms with van der Waals surface area (Å²) in [6.07, 6.45) is 1.67. The first-order chi connectivity index (χ1) is 15.3. The molecule has 0 aliphatic heterocycles. The van der Waals surface area contributed by atoms with Crippen molar-refractivity contribution in [3.63, 3.8) is 0 Å². The van der Waals surface area contributed by atoms with Crippen LogP contribution in [0.3, 0.4) is 0 Å². The molecule has 2 heterocycles. The summed E-state index contributed by atoms with van der Waals surface area (Å²) >= 11 is 1.26. The van der Waals surface area contributed by atoms with E-state index in [1.165, 1.54) is 11.8 Å². The van der Waals surface area contributed by atoms with Gasteiger partial charge >= 0.3 is 0 Å². The summed E-state index contributed by atoms with van der Waals surface area (Å²) < 4.78 is 7.18. The van der Waals surface area contributed by atoms with E-state index in [0.29, 0.717) is 23.3 Å². The summed E-state index contributed by atoms with van der Waals surface area (Å²) in [5, 5.41) is 12.0. The fraction of sp³-hybridized carbons (Fsp3) is 0.391. The Hall–Kier alpha value is -3.07. The van der Waals surface area contributed by atoms with E-state index >= 15 is 0 Å². The molecule has 8 nitrogen and oxygen atoms in total. The number of furan rings is 1. The molecule has 3 aromatic rings. The number of hydrogen-bond acceptors (Lipinski definition) is 6. The van der Waals surface area contributed by atoms with E-state index in [4.69, 9.17) is 10.2 Å². The van der Waals surface area contributed by atoms with Gasteiger partial charge in [-0.3, -0.25) is 14.2 Å². The molecular weight excluding hydrogens is 426 g/mol. The van der Waals surface area contributed by atoms with Gasteiger partial charge in [0.1, 0.15) is 0 Å². The van der Waals surface area contributed by atoms with E-state index < -0.39 is 5.91 Å². The Morgan fingerprint density at radius 1 is 1.09 bits per heavy atom. The molecular formula is C23H29N5O3S. The highest BCUT2D eigenvalue weighted by Crippen LogP contribution is 2.33. The number of carbonyl (C=O) groups excluding carboxylic acids is 2. The molecule has 0 aliphatic carbocycles. The maximum absolute atomic E-state index is 12.9. The van der Waals surface area contributed by atoms with Crippen molar-refractivity contribution in [2.75, 3.05) is 11.1 Å². The van der Waals surface area contributed by atoms with Crippen molar-refractivity contribution < 1.29 is 14.0 Å². The lowest BCUT2D eigenvalue weighted by atomic mass is 9.92. The van der Waals surface area contributed by atoms with Crippen LogP contribution in [-0.2, 0) is 16.1 Å². The van der Waals surface area contributed by atoms with Crippen LogP contribution in [0.25, 0.3) is 11.6 Å². The summed E-state index contributed by atoms with van der Waals surface area (Å²) in [4.78, 5) is 24.2. The van der Waals surface area contributed by atoms with Gasteiger partial charge in [0.2, 0.25) is 11.8 Å².